The van der Waals surface area contributed by atoms with Crippen LogP contribution in [0.15, 0.2) is 6.07 Å². The van der Waals surface area contributed by atoms with Crippen LogP contribution in [0.2, 0.25) is 0 Å². The fourth-order valence-electron chi connectivity index (χ4n) is 2.78. The number of carbonyl (C=O) groups excluding carboxylic acids is 1. The van der Waals surface area contributed by atoms with E-state index in [0.717, 1.165) is 32.2 Å². The van der Waals surface area contributed by atoms with Gasteiger partial charge in [0.25, 0.3) is 0 Å². The van der Waals surface area contributed by atoms with Gasteiger partial charge in [0, 0.05) is 25.8 Å². The fourth-order valence-corrected chi connectivity index (χ4v) is 2.78. The summed E-state index contributed by atoms with van der Waals surface area (Å²) in [6, 6.07) is 1.24. The van der Waals surface area contributed by atoms with Crippen molar-refractivity contribution in [1.82, 2.24) is 15.6 Å². The first-order valence-corrected chi connectivity index (χ1v) is 8.38. The van der Waals surface area contributed by atoms with Gasteiger partial charge in [-0.2, -0.15) is 0 Å². The Morgan fingerprint density at radius 2 is 2.29 bits per heavy atom. The predicted molar refractivity (Wildman–Crippen MR) is 88.4 cm³/mol. The van der Waals surface area contributed by atoms with Crippen molar-refractivity contribution in [3.8, 4) is 5.88 Å². The lowest BCUT2D eigenvalue weighted by atomic mass is 10.1. The summed E-state index contributed by atoms with van der Waals surface area (Å²) < 4.78 is 24.5. The van der Waals surface area contributed by atoms with Crippen molar-refractivity contribution in [3.63, 3.8) is 0 Å². The van der Waals surface area contributed by atoms with E-state index in [9.17, 15) is 9.18 Å². The molecule has 1 aliphatic heterocycles. The molecule has 1 aliphatic rings. The minimum absolute atomic E-state index is 0.0707. The lowest BCUT2D eigenvalue weighted by Crippen LogP contribution is -2.40. The highest BCUT2D eigenvalue weighted by Gasteiger charge is 2.22. The Morgan fingerprint density at radius 3 is 2.96 bits per heavy atom. The Morgan fingerprint density at radius 1 is 1.46 bits per heavy atom. The van der Waals surface area contributed by atoms with Crippen LogP contribution in [-0.4, -0.2) is 44.3 Å². The number of aryl methyl sites for hydroxylation is 1. The summed E-state index contributed by atoms with van der Waals surface area (Å²) in [5, 5.41) is 5.95. The number of hydrogen-bond donors (Lipinski definition) is 2. The molecule has 2 rings (SSSR count). The molecule has 0 bridgehead atoms. The maximum atomic E-state index is 14.2. The third kappa shape index (κ3) is 5.14. The topological polar surface area (TPSA) is 72.5 Å². The van der Waals surface area contributed by atoms with Crippen LogP contribution in [0.1, 0.15) is 36.9 Å². The fraction of sp³-hybridized carbons (Fsp3) is 0.647. The van der Waals surface area contributed by atoms with Crippen molar-refractivity contribution in [2.24, 2.45) is 0 Å². The number of methoxy groups -OCH3 is 2. The minimum atomic E-state index is -0.364. The summed E-state index contributed by atoms with van der Waals surface area (Å²) in [4.78, 5) is 16.3. The van der Waals surface area contributed by atoms with Gasteiger partial charge in [-0.15, -0.1) is 0 Å². The SMILES string of the molecule is COCCCCc1nc(OC)c(CNC(=O)[C@@H]2CCCN2)cc1F. The van der Waals surface area contributed by atoms with Gasteiger partial charge < -0.3 is 20.1 Å². The molecular weight excluding hydrogens is 313 g/mol. The van der Waals surface area contributed by atoms with Crippen LogP contribution < -0.4 is 15.4 Å². The van der Waals surface area contributed by atoms with Crippen LogP contribution in [0, 0.1) is 5.82 Å². The van der Waals surface area contributed by atoms with Crippen molar-refractivity contribution in [1.29, 1.82) is 0 Å². The number of nitrogens with one attached hydrogen (secondary N) is 2. The normalized spacial score (nSPS) is 17.0. The Bertz CT molecular complexity index is 548. The second-order valence-corrected chi connectivity index (χ2v) is 5.90. The van der Waals surface area contributed by atoms with Crippen LogP contribution in [0.25, 0.3) is 0 Å². The summed E-state index contributed by atoms with van der Waals surface area (Å²) in [6.07, 6.45) is 4.01. The zero-order chi connectivity index (χ0) is 17.4. The van der Waals surface area contributed by atoms with Crippen LogP contribution in [-0.2, 0) is 22.5 Å². The van der Waals surface area contributed by atoms with E-state index < -0.39 is 0 Å². The molecule has 24 heavy (non-hydrogen) atoms. The molecule has 0 spiro atoms. The number of hydrogen-bond acceptors (Lipinski definition) is 5. The van der Waals surface area contributed by atoms with Crippen LogP contribution in [0.3, 0.4) is 0 Å². The van der Waals surface area contributed by atoms with Gasteiger partial charge in [-0.25, -0.2) is 9.37 Å². The standard InChI is InChI=1S/C17H26FN3O3/c1-23-9-4-3-6-14-13(18)10-12(17(21-14)24-2)11-20-16(22)15-7-5-8-19-15/h10,15,19H,3-9,11H2,1-2H3,(H,20,22)/t15-/m0/s1. The maximum absolute atomic E-state index is 14.2. The van der Waals surface area contributed by atoms with Gasteiger partial charge in [-0.1, -0.05) is 0 Å². The summed E-state index contributed by atoms with van der Waals surface area (Å²) in [5.74, 6) is -0.0760. The molecule has 0 unspecified atom stereocenters. The number of pyridine rings is 1. The number of rotatable bonds is 9. The van der Waals surface area contributed by atoms with Gasteiger partial charge in [0.15, 0.2) is 0 Å². The summed E-state index contributed by atoms with van der Waals surface area (Å²) >= 11 is 0. The van der Waals surface area contributed by atoms with Gasteiger partial charge >= 0.3 is 0 Å². The minimum Gasteiger partial charge on any atom is -0.481 e. The van der Waals surface area contributed by atoms with Crippen LogP contribution in [0.4, 0.5) is 4.39 Å². The van der Waals surface area contributed by atoms with Gasteiger partial charge in [0.1, 0.15) is 5.82 Å². The van der Waals surface area contributed by atoms with E-state index >= 15 is 0 Å². The average molecular weight is 339 g/mol. The third-order valence-electron chi connectivity index (χ3n) is 4.12. The second-order valence-electron chi connectivity index (χ2n) is 5.90. The van der Waals surface area contributed by atoms with Gasteiger partial charge in [-0.3, -0.25) is 4.79 Å². The lowest BCUT2D eigenvalue weighted by molar-refractivity contribution is -0.122. The molecule has 0 saturated carbocycles. The highest BCUT2D eigenvalue weighted by atomic mass is 19.1. The molecule has 1 aromatic rings. The van der Waals surface area contributed by atoms with Crippen LogP contribution >= 0.6 is 0 Å². The summed E-state index contributed by atoms with van der Waals surface area (Å²) in [6.45, 7) is 1.71. The quantitative estimate of drug-likeness (QED) is 0.668. The number of ether oxygens (including phenoxy) is 2. The van der Waals surface area contributed by atoms with E-state index in [0.29, 0.717) is 30.2 Å². The molecule has 7 heteroatoms. The zero-order valence-electron chi connectivity index (χ0n) is 14.4. The molecule has 2 heterocycles. The lowest BCUT2D eigenvalue weighted by Gasteiger charge is -2.14. The smallest absolute Gasteiger partial charge is 0.237 e. The van der Waals surface area contributed by atoms with Gasteiger partial charge in [-0.05, 0) is 44.7 Å². The first kappa shape index (κ1) is 18.6. The molecule has 1 atom stereocenters. The van der Waals surface area contributed by atoms with E-state index in [2.05, 4.69) is 15.6 Å². The first-order valence-electron chi connectivity index (χ1n) is 8.38. The molecule has 134 valence electrons. The van der Waals surface area contributed by atoms with Crippen molar-refractivity contribution in [3.05, 3.63) is 23.1 Å². The molecule has 0 aliphatic carbocycles. The molecule has 2 N–H and O–H groups in total. The molecule has 6 nitrogen and oxygen atoms in total. The van der Waals surface area contributed by atoms with Gasteiger partial charge in [0.05, 0.1) is 18.8 Å². The molecule has 1 amide bonds. The van der Waals surface area contributed by atoms with Crippen molar-refractivity contribution >= 4 is 5.91 Å². The first-order chi connectivity index (χ1) is 11.7. The Balaban J connectivity index is 1.96. The maximum Gasteiger partial charge on any atom is 0.237 e. The summed E-state index contributed by atoms with van der Waals surface area (Å²) in [5.41, 5.74) is 0.928. The second kappa shape index (κ2) is 9.54. The van der Waals surface area contributed by atoms with E-state index in [4.69, 9.17) is 9.47 Å². The highest BCUT2D eigenvalue weighted by molar-refractivity contribution is 5.82. The number of aromatic nitrogens is 1. The highest BCUT2D eigenvalue weighted by Crippen LogP contribution is 2.20. The predicted octanol–water partition coefficient (Wildman–Crippen LogP) is 1.57. The number of halogens is 1. The Kier molecular flexibility index (Phi) is 7.39. The van der Waals surface area contributed by atoms with Crippen molar-refractivity contribution in [2.45, 2.75) is 44.7 Å². The summed E-state index contributed by atoms with van der Waals surface area (Å²) in [7, 11) is 3.14. The molecule has 1 saturated heterocycles. The molecule has 0 radical (unpaired) electrons. The van der Waals surface area contributed by atoms with Crippen molar-refractivity contribution in [2.75, 3.05) is 27.4 Å². The number of amides is 1. The Hall–Kier alpha value is -1.73. The number of nitrogens with zero attached hydrogens (tertiary/aromatic N) is 1. The Labute approximate surface area is 142 Å². The third-order valence-corrected chi connectivity index (χ3v) is 4.12. The van der Waals surface area contributed by atoms with Crippen LogP contribution in [0.5, 0.6) is 5.88 Å². The van der Waals surface area contributed by atoms with E-state index in [-0.39, 0.29) is 24.3 Å². The van der Waals surface area contributed by atoms with Crippen molar-refractivity contribution < 1.29 is 18.7 Å². The van der Waals surface area contributed by atoms with E-state index in [1.165, 1.54) is 13.2 Å². The number of carbonyl (C=O) groups is 1. The largest absolute Gasteiger partial charge is 0.481 e. The van der Waals surface area contributed by atoms with E-state index in [1.54, 1.807) is 7.11 Å². The van der Waals surface area contributed by atoms with E-state index in [1.807, 2.05) is 0 Å². The van der Waals surface area contributed by atoms with Gasteiger partial charge in [0.2, 0.25) is 11.8 Å². The average Bonchev–Trinajstić information content (AvgIpc) is 3.12. The monoisotopic (exact) mass is 339 g/mol. The molecule has 1 aromatic heterocycles. The molecule has 0 aromatic carbocycles. The zero-order valence-corrected chi connectivity index (χ0v) is 14.4. The molecule has 1 fully saturated rings. The molecular formula is C17H26FN3O3. The number of unbranched alkanes of at least 4 members (excludes halogenated alkanes) is 1.